The smallest absolute Gasteiger partial charge is 0.257 e. The maximum absolute atomic E-state index is 13.2. The van der Waals surface area contributed by atoms with E-state index in [-0.39, 0.29) is 17.7 Å². The summed E-state index contributed by atoms with van der Waals surface area (Å²) in [6.45, 7) is 7.17. The molecule has 1 N–H and O–H groups in total. The van der Waals surface area contributed by atoms with Crippen molar-refractivity contribution in [2.75, 3.05) is 32.6 Å². The van der Waals surface area contributed by atoms with E-state index in [9.17, 15) is 9.59 Å². The van der Waals surface area contributed by atoms with Gasteiger partial charge in [0, 0.05) is 42.0 Å². The van der Waals surface area contributed by atoms with E-state index in [0.717, 1.165) is 35.5 Å². The van der Waals surface area contributed by atoms with Crippen LogP contribution in [0.1, 0.15) is 62.0 Å². The third kappa shape index (κ3) is 5.51. The zero-order valence-corrected chi connectivity index (χ0v) is 21.6. The highest BCUT2D eigenvalue weighted by atomic mass is 16.5. The van der Waals surface area contributed by atoms with Crippen LogP contribution >= 0.6 is 0 Å². The Kier molecular flexibility index (Phi) is 7.58. The van der Waals surface area contributed by atoms with E-state index in [1.807, 2.05) is 56.0 Å². The highest BCUT2D eigenvalue weighted by molar-refractivity contribution is 6.05. The van der Waals surface area contributed by atoms with Crippen LogP contribution in [0.5, 0.6) is 11.5 Å². The van der Waals surface area contributed by atoms with Gasteiger partial charge in [0.15, 0.2) is 0 Å². The molecule has 0 unspecified atom stereocenters. The molecule has 1 aliphatic rings. The highest BCUT2D eigenvalue weighted by Crippen LogP contribution is 2.31. The second kappa shape index (κ2) is 10.8. The molecule has 4 rings (SSSR count). The number of aryl methyl sites for hydroxylation is 3. The molecule has 2 amide bonds. The molecule has 3 aromatic rings. The molecule has 0 bridgehead atoms. The summed E-state index contributed by atoms with van der Waals surface area (Å²) in [6.07, 6.45) is 1.46. The summed E-state index contributed by atoms with van der Waals surface area (Å²) in [5, 5.41) is 3.03. The van der Waals surface area contributed by atoms with Crippen molar-refractivity contribution < 1.29 is 19.1 Å². The summed E-state index contributed by atoms with van der Waals surface area (Å²) in [5.41, 5.74) is 5.86. The molecule has 0 aliphatic carbocycles. The number of piperidine rings is 1. The third-order valence-electron chi connectivity index (χ3n) is 6.84. The lowest BCUT2D eigenvalue weighted by molar-refractivity contribution is 0.0710. The van der Waals surface area contributed by atoms with Gasteiger partial charge in [-0.25, -0.2) is 0 Å². The van der Waals surface area contributed by atoms with E-state index in [0.29, 0.717) is 35.7 Å². The first-order valence-corrected chi connectivity index (χ1v) is 12.2. The minimum Gasteiger partial charge on any atom is -0.497 e. The number of anilines is 1. The molecule has 1 saturated heterocycles. The van der Waals surface area contributed by atoms with Crippen LogP contribution in [0, 0.1) is 20.8 Å². The van der Waals surface area contributed by atoms with Gasteiger partial charge in [-0.1, -0.05) is 6.07 Å². The fourth-order valence-electron chi connectivity index (χ4n) is 4.57. The molecule has 2 heterocycles. The summed E-state index contributed by atoms with van der Waals surface area (Å²) >= 11 is 0. The van der Waals surface area contributed by atoms with E-state index in [1.54, 1.807) is 32.4 Å². The van der Waals surface area contributed by atoms with Crippen molar-refractivity contribution in [3.05, 3.63) is 82.2 Å². The fourth-order valence-corrected chi connectivity index (χ4v) is 4.57. The number of carbonyl (C=O) groups excluding carboxylic acids is 2. The molecule has 7 heteroatoms. The van der Waals surface area contributed by atoms with Crippen LogP contribution in [0.15, 0.2) is 48.5 Å². The first kappa shape index (κ1) is 25.2. The maximum Gasteiger partial charge on any atom is 0.257 e. The lowest BCUT2D eigenvalue weighted by Gasteiger charge is -2.32. The third-order valence-corrected chi connectivity index (χ3v) is 6.84. The van der Waals surface area contributed by atoms with Crippen LogP contribution in [0.2, 0.25) is 0 Å². The maximum atomic E-state index is 13.2. The van der Waals surface area contributed by atoms with Crippen LogP contribution in [0.4, 0.5) is 5.69 Å². The molecule has 0 spiro atoms. The van der Waals surface area contributed by atoms with Crippen LogP contribution < -0.4 is 14.8 Å². The largest absolute Gasteiger partial charge is 0.497 e. The first-order valence-electron chi connectivity index (χ1n) is 12.2. The fraction of sp³-hybridized carbons (Fsp3) is 0.345. The quantitative estimate of drug-likeness (QED) is 0.511. The number of carbonyl (C=O) groups is 2. The summed E-state index contributed by atoms with van der Waals surface area (Å²) in [6, 6.07) is 14.8. The number of likely N-dealkylation sites (tertiary alicyclic amines) is 1. The van der Waals surface area contributed by atoms with Crippen molar-refractivity contribution in [3.8, 4) is 11.5 Å². The molecule has 1 aromatic heterocycles. The van der Waals surface area contributed by atoms with Gasteiger partial charge in [-0.15, -0.1) is 0 Å². The van der Waals surface area contributed by atoms with Gasteiger partial charge in [0.1, 0.15) is 11.5 Å². The van der Waals surface area contributed by atoms with Crippen molar-refractivity contribution in [1.82, 2.24) is 9.88 Å². The molecule has 2 aromatic carbocycles. The Morgan fingerprint density at radius 1 is 0.889 bits per heavy atom. The van der Waals surface area contributed by atoms with Crippen molar-refractivity contribution in [2.45, 2.75) is 39.5 Å². The van der Waals surface area contributed by atoms with Gasteiger partial charge >= 0.3 is 0 Å². The minimum atomic E-state index is -0.164. The monoisotopic (exact) mass is 487 g/mol. The Morgan fingerprint density at radius 2 is 1.56 bits per heavy atom. The van der Waals surface area contributed by atoms with Gasteiger partial charge in [-0.3, -0.25) is 14.6 Å². The number of rotatable bonds is 6. The topological polar surface area (TPSA) is 80.8 Å². The van der Waals surface area contributed by atoms with Crippen molar-refractivity contribution in [1.29, 1.82) is 0 Å². The molecule has 1 aliphatic heterocycles. The molecule has 0 saturated carbocycles. The lowest BCUT2D eigenvalue weighted by Crippen LogP contribution is -2.38. The molecule has 0 atom stereocenters. The van der Waals surface area contributed by atoms with Gasteiger partial charge < -0.3 is 19.7 Å². The Bertz CT molecular complexity index is 1260. The van der Waals surface area contributed by atoms with Gasteiger partial charge in [-0.2, -0.15) is 0 Å². The van der Waals surface area contributed by atoms with E-state index in [4.69, 9.17) is 14.5 Å². The normalized spacial score (nSPS) is 13.9. The number of pyridine rings is 1. The average Bonchev–Trinajstić information content (AvgIpc) is 2.90. The van der Waals surface area contributed by atoms with Crippen LogP contribution in [0.25, 0.3) is 0 Å². The van der Waals surface area contributed by atoms with Crippen LogP contribution in [0.3, 0.4) is 0 Å². The van der Waals surface area contributed by atoms with E-state index in [1.165, 1.54) is 5.56 Å². The second-order valence-corrected chi connectivity index (χ2v) is 9.31. The summed E-state index contributed by atoms with van der Waals surface area (Å²) < 4.78 is 10.6. The predicted octanol–water partition coefficient (Wildman–Crippen LogP) is 5.30. The number of nitrogens with zero attached hydrogens (tertiary/aromatic N) is 2. The van der Waals surface area contributed by atoms with E-state index >= 15 is 0 Å². The molecular weight excluding hydrogens is 454 g/mol. The summed E-state index contributed by atoms with van der Waals surface area (Å²) in [5.74, 6) is 1.03. The number of nitrogens with one attached hydrogen (secondary N) is 1. The number of hydrogen-bond donors (Lipinski definition) is 1. The number of hydrogen-bond acceptors (Lipinski definition) is 5. The zero-order valence-electron chi connectivity index (χ0n) is 21.6. The number of amides is 2. The Labute approximate surface area is 212 Å². The van der Waals surface area contributed by atoms with Crippen molar-refractivity contribution in [3.63, 3.8) is 0 Å². The molecule has 1 fully saturated rings. The predicted molar refractivity (Wildman–Crippen MR) is 140 cm³/mol. The zero-order chi connectivity index (χ0) is 25.8. The Balaban J connectivity index is 1.49. The number of methoxy groups -OCH3 is 2. The molecule has 0 radical (unpaired) electrons. The SMILES string of the molecule is COc1cc(OC)cc(C(=O)N2CCC(c3nc(C)ccc3C(=O)Nc3ccc(C)c(C)c3)CC2)c1. The van der Waals surface area contributed by atoms with Gasteiger partial charge in [0.05, 0.1) is 25.5 Å². The minimum absolute atomic E-state index is 0.0597. The number of benzene rings is 2. The second-order valence-electron chi connectivity index (χ2n) is 9.31. The van der Waals surface area contributed by atoms with Crippen molar-refractivity contribution >= 4 is 17.5 Å². The van der Waals surface area contributed by atoms with Gasteiger partial charge in [0.25, 0.3) is 11.8 Å². The molecule has 36 heavy (non-hydrogen) atoms. The Morgan fingerprint density at radius 3 is 2.17 bits per heavy atom. The molecule has 7 nitrogen and oxygen atoms in total. The molecular formula is C29H33N3O4. The Hall–Kier alpha value is -3.87. The highest BCUT2D eigenvalue weighted by Gasteiger charge is 2.29. The standard InChI is InChI=1S/C29H33N3O4/c1-18-6-8-23(14-19(18)2)31-28(33)26-9-7-20(3)30-27(26)21-10-12-32(13-11-21)29(34)22-15-24(35-4)17-25(16-22)36-5/h6-9,14-17,21H,10-13H2,1-5H3,(H,31,33). The van der Waals surface area contributed by atoms with Crippen LogP contribution in [-0.2, 0) is 0 Å². The van der Waals surface area contributed by atoms with E-state index in [2.05, 4.69) is 5.32 Å². The number of aromatic nitrogens is 1. The van der Waals surface area contributed by atoms with Gasteiger partial charge in [0.2, 0.25) is 0 Å². The summed E-state index contributed by atoms with van der Waals surface area (Å²) in [7, 11) is 3.13. The lowest BCUT2D eigenvalue weighted by atomic mass is 9.89. The van der Waals surface area contributed by atoms with E-state index < -0.39 is 0 Å². The molecule has 188 valence electrons. The van der Waals surface area contributed by atoms with Gasteiger partial charge in [-0.05, 0) is 81.1 Å². The number of ether oxygens (including phenoxy) is 2. The average molecular weight is 488 g/mol. The summed E-state index contributed by atoms with van der Waals surface area (Å²) in [4.78, 5) is 33.0. The van der Waals surface area contributed by atoms with Crippen molar-refractivity contribution in [2.24, 2.45) is 0 Å². The first-order chi connectivity index (χ1) is 17.3. The van der Waals surface area contributed by atoms with Crippen LogP contribution in [-0.4, -0.2) is 49.0 Å².